The van der Waals surface area contributed by atoms with E-state index >= 15 is 0 Å². The van der Waals surface area contributed by atoms with E-state index in [1.807, 2.05) is 41.1 Å². The highest BCUT2D eigenvalue weighted by atomic mass is 16.2. The third-order valence-electron chi connectivity index (χ3n) is 7.37. The highest BCUT2D eigenvalue weighted by Crippen LogP contribution is 2.58. The van der Waals surface area contributed by atoms with E-state index in [9.17, 15) is 9.59 Å². The van der Waals surface area contributed by atoms with Gasteiger partial charge in [-0.2, -0.15) is 0 Å². The molecule has 2 aliphatic carbocycles. The SMILES string of the molecule is Cc1ccc([C@]23c4ccccc4C(=O)N2[C@@H]2[C@H](C(=O)N3C)[C@H]3C=C[C@@H]2C3)cc1. The normalized spacial score (nSPS) is 34.6. The second kappa shape index (κ2) is 5.13. The van der Waals surface area contributed by atoms with Gasteiger partial charge in [0, 0.05) is 23.7 Å². The average Bonchev–Trinajstić information content (AvgIpc) is 3.39. The van der Waals surface area contributed by atoms with Crippen molar-refractivity contribution >= 4 is 11.8 Å². The van der Waals surface area contributed by atoms with Gasteiger partial charge in [0.2, 0.25) is 5.91 Å². The summed E-state index contributed by atoms with van der Waals surface area (Å²) in [5.74, 6) is 0.583. The van der Waals surface area contributed by atoms with Crippen molar-refractivity contribution < 1.29 is 9.59 Å². The molecule has 2 heterocycles. The minimum atomic E-state index is -0.863. The summed E-state index contributed by atoms with van der Waals surface area (Å²) in [6.07, 6.45) is 5.38. The van der Waals surface area contributed by atoms with Crippen LogP contribution >= 0.6 is 0 Å². The van der Waals surface area contributed by atoms with Crippen LogP contribution in [0.2, 0.25) is 0 Å². The van der Waals surface area contributed by atoms with E-state index in [0.29, 0.717) is 0 Å². The van der Waals surface area contributed by atoms with Crippen LogP contribution in [0.25, 0.3) is 0 Å². The van der Waals surface area contributed by atoms with E-state index in [1.54, 1.807) is 0 Å². The van der Waals surface area contributed by atoms with Crippen molar-refractivity contribution in [2.45, 2.75) is 25.0 Å². The largest absolute Gasteiger partial charge is 0.314 e. The summed E-state index contributed by atoms with van der Waals surface area (Å²) in [6.45, 7) is 2.06. The van der Waals surface area contributed by atoms with Crippen LogP contribution in [0.3, 0.4) is 0 Å². The molecule has 4 heteroatoms. The molecule has 5 atom stereocenters. The zero-order valence-electron chi connectivity index (χ0n) is 16.0. The highest BCUT2D eigenvalue weighted by Gasteiger charge is 2.67. The molecule has 1 saturated heterocycles. The van der Waals surface area contributed by atoms with Gasteiger partial charge < -0.3 is 9.80 Å². The second-order valence-electron chi connectivity index (χ2n) is 8.62. The summed E-state index contributed by atoms with van der Waals surface area (Å²) in [5.41, 5.74) is 2.92. The lowest BCUT2D eigenvalue weighted by molar-refractivity contribution is -0.161. The molecule has 0 radical (unpaired) electrons. The predicted octanol–water partition coefficient (Wildman–Crippen LogP) is 3.31. The number of rotatable bonds is 1. The number of hydrogen-bond acceptors (Lipinski definition) is 2. The van der Waals surface area contributed by atoms with Gasteiger partial charge >= 0.3 is 0 Å². The Labute approximate surface area is 164 Å². The van der Waals surface area contributed by atoms with Crippen molar-refractivity contribution in [3.8, 4) is 0 Å². The molecular weight excluding hydrogens is 348 g/mol. The fraction of sp³-hybridized carbons (Fsp3) is 0.333. The molecule has 28 heavy (non-hydrogen) atoms. The maximum absolute atomic E-state index is 13.7. The van der Waals surface area contributed by atoms with Crippen molar-refractivity contribution in [3.05, 3.63) is 82.9 Å². The lowest BCUT2D eigenvalue weighted by Crippen LogP contribution is -2.69. The van der Waals surface area contributed by atoms with Crippen LogP contribution < -0.4 is 0 Å². The Kier molecular flexibility index (Phi) is 2.95. The summed E-state index contributed by atoms with van der Waals surface area (Å²) < 4.78 is 0. The Morgan fingerprint density at radius 2 is 1.68 bits per heavy atom. The number of benzene rings is 2. The molecule has 1 saturated carbocycles. The number of aryl methyl sites for hydroxylation is 1. The Bertz CT molecular complexity index is 1060. The first-order valence-corrected chi connectivity index (χ1v) is 10.0. The first-order valence-electron chi connectivity index (χ1n) is 10.0. The smallest absolute Gasteiger partial charge is 0.256 e. The first-order chi connectivity index (χ1) is 13.5. The number of amides is 2. The van der Waals surface area contributed by atoms with E-state index in [4.69, 9.17) is 0 Å². The summed E-state index contributed by atoms with van der Waals surface area (Å²) in [6, 6.07) is 16.0. The van der Waals surface area contributed by atoms with E-state index in [2.05, 4.69) is 43.3 Å². The second-order valence-corrected chi connectivity index (χ2v) is 8.62. The van der Waals surface area contributed by atoms with Gasteiger partial charge in [0.05, 0.1) is 12.0 Å². The van der Waals surface area contributed by atoms with E-state index < -0.39 is 5.66 Å². The van der Waals surface area contributed by atoms with Crippen molar-refractivity contribution in [1.82, 2.24) is 9.80 Å². The van der Waals surface area contributed by atoms with E-state index in [1.165, 1.54) is 0 Å². The maximum atomic E-state index is 13.7. The Morgan fingerprint density at radius 1 is 0.964 bits per heavy atom. The minimum absolute atomic E-state index is 0.0477. The lowest BCUT2D eigenvalue weighted by Gasteiger charge is -2.56. The molecule has 2 bridgehead atoms. The van der Waals surface area contributed by atoms with Crippen LogP contribution in [-0.2, 0) is 10.5 Å². The molecule has 0 aromatic heterocycles. The number of hydrogen-bond donors (Lipinski definition) is 0. The third-order valence-corrected chi connectivity index (χ3v) is 7.37. The van der Waals surface area contributed by atoms with Crippen LogP contribution in [0.1, 0.15) is 33.5 Å². The molecule has 2 aliphatic heterocycles. The maximum Gasteiger partial charge on any atom is 0.256 e. The molecule has 0 spiro atoms. The number of allylic oxidation sites excluding steroid dienone is 1. The molecular formula is C24H22N2O2. The van der Waals surface area contributed by atoms with Crippen LogP contribution in [0.15, 0.2) is 60.7 Å². The molecule has 140 valence electrons. The van der Waals surface area contributed by atoms with Gasteiger partial charge in [0.15, 0.2) is 5.66 Å². The van der Waals surface area contributed by atoms with Gasteiger partial charge in [0.25, 0.3) is 5.91 Å². The van der Waals surface area contributed by atoms with Crippen LogP contribution in [0.5, 0.6) is 0 Å². The van der Waals surface area contributed by atoms with Gasteiger partial charge in [-0.05, 0) is 31.2 Å². The number of nitrogens with zero attached hydrogens (tertiary/aromatic N) is 2. The van der Waals surface area contributed by atoms with Crippen LogP contribution in [0, 0.1) is 24.7 Å². The molecule has 0 N–H and O–H groups in total. The minimum Gasteiger partial charge on any atom is -0.314 e. The van der Waals surface area contributed by atoms with E-state index in [0.717, 1.165) is 28.7 Å². The molecule has 4 nitrogen and oxygen atoms in total. The van der Waals surface area contributed by atoms with Gasteiger partial charge in [-0.15, -0.1) is 0 Å². The quantitative estimate of drug-likeness (QED) is 0.723. The molecule has 2 amide bonds. The molecule has 4 aliphatic rings. The topological polar surface area (TPSA) is 40.6 Å². The van der Waals surface area contributed by atoms with Gasteiger partial charge in [-0.1, -0.05) is 60.2 Å². The fourth-order valence-corrected chi connectivity index (χ4v) is 6.21. The molecule has 2 fully saturated rings. The molecule has 0 unspecified atom stereocenters. The molecule has 6 rings (SSSR count). The summed E-state index contributed by atoms with van der Waals surface area (Å²) in [4.78, 5) is 31.3. The van der Waals surface area contributed by atoms with Crippen molar-refractivity contribution in [2.24, 2.45) is 17.8 Å². The Hall–Kier alpha value is -2.88. The first kappa shape index (κ1) is 16.1. The standard InChI is InChI=1S/C24H22N2O2/c1-14-7-11-17(12-8-14)24-19-6-4-3-5-18(19)22(27)26(24)21-16-10-9-15(13-16)20(21)23(28)25(24)2/h3-12,15-16,20-21H,13H2,1-2H3/t15-,16+,20+,21-,24+/m0/s1. The van der Waals surface area contributed by atoms with Crippen molar-refractivity contribution in [2.75, 3.05) is 7.05 Å². The number of carbonyl (C=O) groups excluding carboxylic acids is 2. The number of carbonyl (C=O) groups is 2. The predicted molar refractivity (Wildman–Crippen MR) is 105 cm³/mol. The number of fused-ring (bicyclic) bond motifs is 9. The zero-order valence-corrected chi connectivity index (χ0v) is 16.0. The summed E-state index contributed by atoms with van der Waals surface area (Å²) >= 11 is 0. The molecule has 2 aromatic carbocycles. The average molecular weight is 370 g/mol. The zero-order chi connectivity index (χ0) is 19.2. The Morgan fingerprint density at radius 3 is 2.46 bits per heavy atom. The van der Waals surface area contributed by atoms with Gasteiger partial charge in [-0.3, -0.25) is 9.59 Å². The van der Waals surface area contributed by atoms with Crippen LogP contribution in [-0.4, -0.2) is 34.7 Å². The fourth-order valence-electron chi connectivity index (χ4n) is 6.21. The van der Waals surface area contributed by atoms with Crippen molar-refractivity contribution in [3.63, 3.8) is 0 Å². The summed E-state index contributed by atoms with van der Waals surface area (Å²) in [7, 11) is 1.87. The molecule has 2 aromatic rings. The highest BCUT2D eigenvalue weighted by molar-refractivity contribution is 6.03. The summed E-state index contributed by atoms with van der Waals surface area (Å²) in [5, 5.41) is 0. The van der Waals surface area contributed by atoms with Crippen molar-refractivity contribution in [1.29, 1.82) is 0 Å². The Balaban J connectivity index is 1.68. The monoisotopic (exact) mass is 370 g/mol. The van der Waals surface area contributed by atoms with Gasteiger partial charge in [-0.25, -0.2) is 0 Å². The van der Waals surface area contributed by atoms with Gasteiger partial charge in [0.1, 0.15) is 0 Å². The third kappa shape index (κ3) is 1.64. The van der Waals surface area contributed by atoms with E-state index in [-0.39, 0.29) is 35.6 Å². The van der Waals surface area contributed by atoms with Crippen LogP contribution in [0.4, 0.5) is 0 Å². The lowest BCUT2D eigenvalue weighted by atomic mass is 9.78.